The van der Waals surface area contributed by atoms with Gasteiger partial charge in [0.1, 0.15) is 0 Å². The average molecular weight is 232 g/mol. The van der Waals surface area contributed by atoms with Gasteiger partial charge in [0.15, 0.2) is 0 Å². The summed E-state index contributed by atoms with van der Waals surface area (Å²) in [5.74, 6) is 0.810. The van der Waals surface area contributed by atoms with E-state index in [0.29, 0.717) is 6.04 Å². The van der Waals surface area contributed by atoms with E-state index in [1.165, 1.54) is 12.8 Å². The standard InChI is InChI=1S/C14H20N2O/c1-11-7-9-13(10-8-11)16-14(17)15-12-5-3-2-4-6-12/h2-6,11,13H,7-10H2,1H3,(H2,15,16,17). The van der Waals surface area contributed by atoms with Gasteiger partial charge in [-0.05, 0) is 43.7 Å². The van der Waals surface area contributed by atoms with Crippen LogP contribution in [0.15, 0.2) is 30.3 Å². The molecule has 2 amide bonds. The van der Waals surface area contributed by atoms with Crippen LogP contribution in [0.1, 0.15) is 32.6 Å². The molecule has 1 aliphatic carbocycles. The van der Waals surface area contributed by atoms with Gasteiger partial charge >= 0.3 is 6.03 Å². The van der Waals surface area contributed by atoms with Gasteiger partial charge in [0.05, 0.1) is 0 Å². The van der Waals surface area contributed by atoms with Crippen LogP contribution in [-0.4, -0.2) is 12.1 Å². The van der Waals surface area contributed by atoms with Crippen molar-refractivity contribution in [2.45, 2.75) is 38.6 Å². The van der Waals surface area contributed by atoms with E-state index in [1.807, 2.05) is 30.3 Å². The number of para-hydroxylation sites is 1. The van der Waals surface area contributed by atoms with E-state index in [1.54, 1.807) is 0 Å². The second kappa shape index (κ2) is 5.71. The molecule has 0 radical (unpaired) electrons. The molecular formula is C14H20N2O. The maximum Gasteiger partial charge on any atom is 0.319 e. The Morgan fingerprint density at radius 1 is 1.12 bits per heavy atom. The van der Waals surface area contributed by atoms with Crippen LogP contribution in [0.3, 0.4) is 0 Å². The SMILES string of the molecule is CC1CCC(NC(=O)Nc2ccccc2)CC1. The summed E-state index contributed by atoms with van der Waals surface area (Å²) >= 11 is 0. The van der Waals surface area contributed by atoms with Gasteiger partial charge in [-0.3, -0.25) is 0 Å². The van der Waals surface area contributed by atoms with Crippen LogP contribution in [0.5, 0.6) is 0 Å². The topological polar surface area (TPSA) is 41.1 Å². The van der Waals surface area contributed by atoms with Crippen LogP contribution >= 0.6 is 0 Å². The van der Waals surface area contributed by atoms with Crippen molar-refractivity contribution >= 4 is 11.7 Å². The van der Waals surface area contributed by atoms with E-state index in [2.05, 4.69) is 17.6 Å². The fourth-order valence-corrected chi connectivity index (χ4v) is 2.28. The lowest BCUT2D eigenvalue weighted by atomic mass is 9.87. The third-order valence-electron chi connectivity index (χ3n) is 3.38. The maximum absolute atomic E-state index is 11.7. The lowest BCUT2D eigenvalue weighted by molar-refractivity contribution is 0.239. The van der Waals surface area contributed by atoms with Crippen LogP contribution in [-0.2, 0) is 0 Å². The van der Waals surface area contributed by atoms with Gasteiger partial charge in [-0.25, -0.2) is 4.79 Å². The molecule has 1 aliphatic rings. The fraction of sp³-hybridized carbons (Fsp3) is 0.500. The molecule has 3 heteroatoms. The number of benzene rings is 1. The summed E-state index contributed by atoms with van der Waals surface area (Å²) in [7, 11) is 0. The smallest absolute Gasteiger partial charge is 0.319 e. The minimum Gasteiger partial charge on any atom is -0.335 e. The maximum atomic E-state index is 11.7. The minimum absolute atomic E-state index is 0.0873. The first-order valence-corrected chi connectivity index (χ1v) is 6.36. The van der Waals surface area contributed by atoms with Crippen molar-refractivity contribution in [2.24, 2.45) is 5.92 Å². The quantitative estimate of drug-likeness (QED) is 0.806. The number of urea groups is 1. The molecule has 0 aliphatic heterocycles. The van der Waals surface area contributed by atoms with Crippen molar-refractivity contribution in [3.05, 3.63) is 30.3 Å². The third-order valence-corrected chi connectivity index (χ3v) is 3.38. The van der Waals surface area contributed by atoms with E-state index in [4.69, 9.17) is 0 Å². The summed E-state index contributed by atoms with van der Waals surface area (Å²) < 4.78 is 0. The van der Waals surface area contributed by atoms with Crippen LogP contribution < -0.4 is 10.6 Å². The zero-order valence-corrected chi connectivity index (χ0v) is 10.3. The molecule has 0 heterocycles. The molecule has 17 heavy (non-hydrogen) atoms. The summed E-state index contributed by atoms with van der Waals surface area (Å²) in [5.41, 5.74) is 0.842. The number of amides is 2. The molecule has 2 N–H and O–H groups in total. The first-order valence-electron chi connectivity index (χ1n) is 6.36. The molecule has 1 aromatic rings. The van der Waals surface area contributed by atoms with Gasteiger partial charge in [0.25, 0.3) is 0 Å². The Morgan fingerprint density at radius 3 is 2.41 bits per heavy atom. The number of carbonyl (C=O) groups is 1. The normalized spacial score (nSPS) is 24.1. The highest BCUT2D eigenvalue weighted by Gasteiger charge is 2.19. The number of rotatable bonds is 2. The second-order valence-electron chi connectivity index (χ2n) is 4.92. The molecule has 0 spiro atoms. The fourth-order valence-electron chi connectivity index (χ4n) is 2.28. The van der Waals surface area contributed by atoms with Crippen LogP contribution in [0.4, 0.5) is 10.5 Å². The van der Waals surface area contributed by atoms with Crippen molar-refractivity contribution in [2.75, 3.05) is 5.32 Å². The van der Waals surface area contributed by atoms with E-state index in [-0.39, 0.29) is 6.03 Å². The van der Waals surface area contributed by atoms with Crippen molar-refractivity contribution in [3.8, 4) is 0 Å². The van der Waals surface area contributed by atoms with Crippen LogP contribution in [0, 0.1) is 5.92 Å². The number of nitrogens with one attached hydrogen (secondary N) is 2. The minimum atomic E-state index is -0.0873. The molecule has 92 valence electrons. The van der Waals surface area contributed by atoms with E-state index < -0.39 is 0 Å². The summed E-state index contributed by atoms with van der Waals surface area (Å²) in [6.07, 6.45) is 4.64. The second-order valence-corrected chi connectivity index (χ2v) is 4.92. The molecule has 2 rings (SSSR count). The molecule has 1 aromatic carbocycles. The summed E-state index contributed by atoms with van der Waals surface area (Å²) in [6.45, 7) is 2.28. The Labute approximate surface area is 103 Å². The highest BCUT2D eigenvalue weighted by Crippen LogP contribution is 2.23. The highest BCUT2D eigenvalue weighted by atomic mass is 16.2. The van der Waals surface area contributed by atoms with Gasteiger partial charge in [-0.15, -0.1) is 0 Å². The first-order chi connectivity index (χ1) is 8.24. The molecule has 0 aromatic heterocycles. The monoisotopic (exact) mass is 232 g/mol. The molecule has 3 nitrogen and oxygen atoms in total. The van der Waals surface area contributed by atoms with Crippen molar-refractivity contribution in [1.29, 1.82) is 0 Å². The Balaban J connectivity index is 1.78. The first kappa shape index (κ1) is 12.0. The van der Waals surface area contributed by atoms with E-state index in [9.17, 15) is 4.79 Å². The molecule has 0 bridgehead atoms. The summed E-state index contributed by atoms with van der Waals surface area (Å²) in [5, 5.41) is 5.89. The van der Waals surface area contributed by atoms with Crippen molar-refractivity contribution in [1.82, 2.24) is 5.32 Å². The number of anilines is 1. The Kier molecular flexibility index (Phi) is 4.02. The van der Waals surface area contributed by atoms with Crippen LogP contribution in [0.2, 0.25) is 0 Å². The van der Waals surface area contributed by atoms with Gasteiger partial charge in [-0.2, -0.15) is 0 Å². The molecule has 0 saturated heterocycles. The summed E-state index contributed by atoms with van der Waals surface area (Å²) in [6, 6.07) is 9.80. The van der Waals surface area contributed by atoms with Gasteiger partial charge < -0.3 is 10.6 Å². The van der Waals surface area contributed by atoms with Gasteiger partial charge in [-0.1, -0.05) is 25.1 Å². The Hall–Kier alpha value is -1.51. The molecule has 0 unspecified atom stereocenters. The predicted octanol–water partition coefficient (Wildman–Crippen LogP) is 3.39. The number of hydrogen-bond donors (Lipinski definition) is 2. The predicted molar refractivity (Wildman–Crippen MR) is 70.0 cm³/mol. The van der Waals surface area contributed by atoms with Gasteiger partial charge in [0.2, 0.25) is 0 Å². The molecule has 0 atom stereocenters. The Bertz CT molecular complexity index is 356. The zero-order chi connectivity index (χ0) is 12.1. The average Bonchev–Trinajstić information content (AvgIpc) is 2.33. The Morgan fingerprint density at radius 2 is 1.76 bits per heavy atom. The largest absolute Gasteiger partial charge is 0.335 e. The van der Waals surface area contributed by atoms with Crippen molar-refractivity contribution < 1.29 is 4.79 Å². The third kappa shape index (κ3) is 3.77. The number of hydrogen-bond acceptors (Lipinski definition) is 1. The lowest BCUT2D eigenvalue weighted by Gasteiger charge is -2.26. The van der Waals surface area contributed by atoms with E-state index >= 15 is 0 Å². The molecule has 1 saturated carbocycles. The molecule has 1 fully saturated rings. The highest BCUT2D eigenvalue weighted by molar-refractivity contribution is 5.89. The lowest BCUT2D eigenvalue weighted by Crippen LogP contribution is -2.39. The molecular weight excluding hydrogens is 212 g/mol. The van der Waals surface area contributed by atoms with Crippen LogP contribution in [0.25, 0.3) is 0 Å². The van der Waals surface area contributed by atoms with Gasteiger partial charge in [0, 0.05) is 11.7 Å². The summed E-state index contributed by atoms with van der Waals surface area (Å²) in [4.78, 5) is 11.7. The van der Waals surface area contributed by atoms with Crippen molar-refractivity contribution in [3.63, 3.8) is 0 Å². The van der Waals surface area contributed by atoms with E-state index in [0.717, 1.165) is 24.4 Å². The number of carbonyl (C=O) groups excluding carboxylic acids is 1. The zero-order valence-electron chi connectivity index (χ0n) is 10.3.